The van der Waals surface area contributed by atoms with Gasteiger partial charge in [-0.05, 0) is 36.8 Å². The summed E-state index contributed by atoms with van der Waals surface area (Å²) in [5.74, 6) is 0. The third-order valence-electron chi connectivity index (χ3n) is 2.94. The van der Waals surface area contributed by atoms with Crippen LogP contribution in [0.4, 0.5) is 0 Å². The van der Waals surface area contributed by atoms with Crippen molar-refractivity contribution < 1.29 is 4.57 Å². The maximum atomic E-state index is 3.78. The summed E-state index contributed by atoms with van der Waals surface area (Å²) < 4.78 is 2.24. The van der Waals surface area contributed by atoms with Crippen molar-refractivity contribution in [3.63, 3.8) is 0 Å². The molecule has 1 nitrogen and oxygen atoms in total. The highest BCUT2D eigenvalue weighted by Gasteiger charge is 2.09. The average Bonchev–Trinajstić information content (AvgIpc) is 2.46. The second-order valence-electron chi connectivity index (χ2n) is 4.26. The fraction of sp³-hybridized carbons (Fsp3) is 0.118. The highest BCUT2D eigenvalue weighted by Crippen LogP contribution is 2.13. The Morgan fingerprint density at radius 2 is 1.83 bits per heavy atom. The van der Waals surface area contributed by atoms with Crippen molar-refractivity contribution in [1.29, 1.82) is 0 Å². The summed E-state index contributed by atoms with van der Waals surface area (Å²) in [6.45, 7) is 6.71. The zero-order valence-electron chi connectivity index (χ0n) is 10.7. The van der Waals surface area contributed by atoms with Gasteiger partial charge >= 0.3 is 0 Å². The zero-order valence-corrected chi connectivity index (χ0v) is 10.7. The summed E-state index contributed by atoms with van der Waals surface area (Å²) in [4.78, 5) is 0. The number of nitrogens with zero attached hydrogens (tertiary/aromatic N) is 1. The van der Waals surface area contributed by atoms with Gasteiger partial charge in [-0.2, -0.15) is 4.57 Å². The Bertz CT molecular complexity index is 553. The van der Waals surface area contributed by atoms with Crippen molar-refractivity contribution in [3.8, 4) is 11.3 Å². The van der Waals surface area contributed by atoms with Gasteiger partial charge in [-0.1, -0.05) is 30.9 Å². The molecule has 0 saturated carbocycles. The topological polar surface area (TPSA) is 3.88 Å². The van der Waals surface area contributed by atoms with E-state index in [-0.39, 0.29) is 0 Å². The van der Waals surface area contributed by atoms with Gasteiger partial charge in [0, 0.05) is 17.7 Å². The number of hydrogen-bond acceptors (Lipinski definition) is 0. The molecule has 0 unspecified atom stereocenters. The lowest BCUT2D eigenvalue weighted by Crippen LogP contribution is -2.34. The van der Waals surface area contributed by atoms with Gasteiger partial charge in [0.05, 0.1) is 0 Å². The maximum absolute atomic E-state index is 3.78. The summed E-state index contributed by atoms with van der Waals surface area (Å²) in [7, 11) is 0. The lowest BCUT2D eigenvalue weighted by molar-refractivity contribution is -0.676. The molecule has 0 amide bonds. The molecule has 0 aliphatic heterocycles. The van der Waals surface area contributed by atoms with E-state index in [4.69, 9.17) is 0 Å². The van der Waals surface area contributed by atoms with Crippen molar-refractivity contribution in [2.45, 2.75) is 13.5 Å². The van der Waals surface area contributed by atoms with Gasteiger partial charge in [-0.3, -0.25) is 0 Å². The number of hydrogen-bond donors (Lipinski definition) is 0. The second kappa shape index (κ2) is 5.97. The van der Waals surface area contributed by atoms with Crippen LogP contribution in [0.5, 0.6) is 0 Å². The van der Waals surface area contributed by atoms with E-state index in [1.54, 1.807) is 0 Å². The first-order valence-corrected chi connectivity index (χ1v) is 6.14. The molecule has 0 aliphatic carbocycles. The molecule has 0 aliphatic rings. The van der Waals surface area contributed by atoms with Crippen molar-refractivity contribution in [1.82, 2.24) is 0 Å². The van der Waals surface area contributed by atoms with Crippen LogP contribution in [-0.4, -0.2) is 0 Å². The van der Waals surface area contributed by atoms with Crippen molar-refractivity contribution in [2.24, 2.45) is 0 Å². The minimum Gasteiger partial charge on any atom is -0.195 e. The van der Waals surface area contributed by atoms with E-state index in [0.717, 1.165) is 6.54 Å². The van der Waals surface area contributed by atoms with Gasteiger partial charge in [-0.15, -0.1) is 0 Å². The van der Waals surface area contributed by atoms with Crippen LogP contribution in [0.2, 0.25) is 0 Å². The van der Waals surface area contributed by atoms with Crippen molar-refractivity contribution in [2.75, 3.05) is 0 Å². The van der Waals surface area contributed by atoms with E-state index in [9.17, 15) is 0 Å². The van der Waals surface area contributed by atoms with Gasteiger partial charge in [0.1, 0.15) is 0 Å². The first-order chi connectivity index (χ1) is 8.81. The number of allylic oxidation sites excluding steroid dienone is 3. The van der Waals surface area contributed by atoms with Gasteiger partial charge < -0.3 is 0 Å². The first-order valence-electron chi connectivity index (χ1n) is 6.14. The second-order valence-corrected chi connectivity index (χ2v) is 4.26. The fourth-order valence-corrected chi connectivity index (χ4v) is 1.83. The number of rotatable bonds is 4. The zero-order chi connectivity index (χ0) is 12.8. The number of pyridine rings is 1. The lowest BCUT2D eigenvalue weighted by atomic mass is 10.1. The normalized spacial score (nSPS) is 11.3. The minimum atomic E-state index is 0.864. The highest BCUT2D eigenvalue weighted by molar-refractivity contribution is 5.55. The monoisotopic (exact) mass is 236 g/mol. The van der Waals surface area contributed by atoms with Crippen LogP contribution in [-0.2, 0) is 6.54 Å². The quantitative estimate of drug-likeness (QED) is 0.562. The Kier molecular flexibility index (Phi) is 4.08. The van der Waals surface area contributed by atoms with Gasteiger partial charge in [0.15, 0.2) is 12.7 Å². The van der Waals surface area contributed by atoms with Crippen LogP contribution >= 0.6 is 0 Å². The van der Waals surface area contributed by atoms with Gasteiger partial charge in [0.25, 0.3) is 0 Å². The molecule has 0 spiro atoms. The molecule has 1 heteroatoms. The molecule has 0 bridgehead atoms. The minimum absolute atomic E-state index is 0.864. The van der Waals surface area contributed by atoms with Crippen LogP contribution in [0.1, 0.15) is 6.92 Å². The van der Waals surface area contributed by atoms with Crippen molar-refractivity contribution >= 4 is 0 Å². The molecule has 18 heavy (non-hydrogen) atoms. The molecular weight excluding hydrogens is 218 g/mol. The van der Waals surface area contributed by atoms with E-state index in [1.165, 1.54) is 16.8 Å². The summed E-state index contributed by atoms with van der Waals surface area (Å²) in [5.41, 5.74) is 3.67. The molecular formula is C17H18N+. The Morgan fingerprint density at radius 1 is 1.11 bits per heavy atom. The van der Waals surface area contributed by atoms with E-state index in [2.05, 4.69) is 72.8 Å². The van der Waals surface area contributed by atoms with Crippen LogP contribution < -0.4 is 4.57 Å². The molecule has 90 valence electrons. The molecule has 1 aromatic carbocycles. The largest absolute Gasteiger partial charge is 0.212 e. The Hall–Kier alpha value is -2.15. The van der Waals surface area contributed by atoms with Crippen LogP contribution in [0, 0.1) is 0 Å². The van der Waals surface area contributed by atoms with E-state index in [1.807, 2.05) is 12.1 Å². The molecule has 1 heterocycles. The molecule has 2 aromatic rings. The van der Waals surface area contributed by atoms with Crippen molar-refractivity contribution in [3.05, 3.63) is 79.0 Å². The first kappa shape index (κ1) is 12.3. The fourth-order valence-electron chi connectivity index (χ4n) is 1.83. The molecule has 0 fully saturated rings. The van der Waals surface area contributed by atoms with Crippen LogP contribution in [0.15, 0.2) is 79.0 Å². The standard InChI is InChI=1S/C17H18N/c1-3-15(2)12-14-18-13-8-7-11-17(18)16-9-5-4-6-10-16/h3-13H,1,14H2,2H3/q+1/b15-12+. The molecule has 0 radical (unpaired) electrons. The summed E-state index contributed by atoms with van der Waals surface area (Å²) in [6.07, 6.45) is 6.17. The van der Waals surface area contributed by atoms with E-state index in [0.29, 0.717) is 0 Å². The third kappa shape index (κ3) is 2.95. The predicted octanol–water partition coefficient (Wildman–Crippen LogP) is 3.77. The summed E-state index contributed by atoms with van der Waals surface area (Å²) in [6, 6.07) is 16.7. The number of benzene rings is 1. The van der Waals surface area contributed by atoms with Crippen LogP contribution in [0.3, 0.4) is 0 Å². The van der Waals surface area contributed by atoms with E-state index >= 15 is 0 Å². The molecule has 0 N–H and O–H groups in total. The smallest absolute Gasteiger partial charge is 0.195 e. The Balaban J connectivity index is 2.35. The maximum Gasteiger partial charge on any atom is 0.212 e. The molecule has 0 saturated heterocycles. The van der Waals surface area contributed by atoms with Gasteiger partial charge in [0.2, 0.25) is 5.69 Å². The predicted molar refractivity (Wildman–Crippen MR) is 76.0 cm³/mol. The molecule has 0 atom stereocenters. The van der Waals surface area contributed by atoms with Gasteiger partial charge in [-0.25, -0.2) is 0 Å². The SMILES string of the molecule is C=C/C(C)=C/C[n+]1ccccc1-c1ccccc1. The van der Waals surface area contributed by atoms with Crippen LogP contribution in [0.25, 0.3) is 11.3 Å². The third-order valence-corrected chi connectivity index (χ3v) is 2.94. The Labute approximate surface area is 109 Å². The summed E-state index contributed by atoms with van der Waals surface area (Å²) >= 11 is 0. The molecule has 1 aromatic heterocycles. The number of aromatic nitrogens is 1. The van der Waals surface area contributed by atoms with E-state index < -0.39 is 0 Å². The average molecular weight is 236 g/mol. The lowest BCUT2D eigenvalue weighted by Gasteiger charge is -2.02. The Morgan fingerprint density at radius 3 is 2.56 bits per heavy atom. The summed E-state index contributed by atoms with van der Waals surface area (Å²) in [5, 5.41) is 0. The highest BCUT2D eigenvalue weighted by atomic mass is 14.9. The molecule has 2 rings (SSSR count).